The third-order valence-electron chi connectivity index (χ3n) is 5.48. The Labute approximate surface area is 174 Å². The lowest BCUT2D eigenvalue weighted by molar-refractivity contribution is 0.665. The molecule has 0 aliphatic heterocycles. The lowest BCUT2D eigenvalue weighted by atomic mass is 10.0. The lowest BCUT2D eigenvalue weighted by Gasteiger charge is -2.02. The van der Waals surface area contributed by atoms with Gasteiger partial charge in [0.15, 0.2) is 0 Å². The molecular weight excluding hydrogens is 459 g/mol. The van der Waals surface area contributed by atoms with Crippen LogP contribution in [0, 0.1) is 10.5 Å². The van der Waals surface area contributed by atoms with Crippen LogP contribution in [0.25, 0.3) is 55.0 Å². The summed E-state index contributed by atoms with van der Waals surface area (Å²) in [6, 6.07) is 25.5. The van der Waals surface area contributed by atoms with Gasteiger partial charge in [-0.1, -0.05) is 42.5 Å². The molecule has 3 heteroatoms. The molecule has 0 bridgehead atoms. The van der Waals surface area contributed by atoms with E-state index in [0.29, 0.717) is 0 Å². The third-order valence-corrected chi connectivity index (χ3v) is 6.33. The van der Waals surface area contributed by atoms with Gasteiger partial charge in [-0.2, -0.15) is 0 Å². The molecule has 0 atom stereocenters. The molecule has 0 saturated heterocycles. The highest BCUT2D eigenvalue weighted by Gasteiger charge is 2.13. The van der Waals surface area contributed by atoms with E-state index < -0.39 is 0 Å². The SMILES string of the molecule is Cc1cccc2c1oc1ccc(-c3ccc4oc5c(I)cccc5c4c3)cc12. The second-order valence-electron chi connectivity index (χ2n) is 7.19. The largest absolute Gasteiger partial charge is 0.456 e. The predicted octanol–water partition coefficient (Wildman–Crippen LogP) is 8.07. The van der Waals surface area contributed by atoms with Gasteiger partial charge in [0, 0.05) is 21.5 Å². The van der Waals surface area contributed by atoms with E-state index in [1.807, 2.05) is 0 Å². The number of fused-ring (bicyclic) bond motifs is 6. The number of hydrogen-bond donors (Lipinski definition) is 0. The Morgan fingerprint density at radius 1 is 0.607 bits per heavy atom. The Kier molecular flexibility index (Phi) is 3.38. The molecule has 0 unspecified atom stereocenters. The lowest BCUT2D eigenvalue weighted by Crippen LogP contribution is -1.78. The van der Waals surface area contributed by atoms with Gasteiger partial charge in [-0.15, -0.1) is 0 Å². The van der Waals surface area contributed by atoms with Crippen molar-refractivity contribution in [3.8, 4) is 11.1 Å². The molecule has 0 fully saturated rings. The standard InChI is InChI=1S/C25H15IO2/c1-14-4-2-5-17-19-12-15(8-10-22(19)27-24(14)17)16-9-11-23-20(13-16)18-6-3-7-21(26)25(18)28-23/h2-13H,1H3. The molecule has 6 rings (SSSR count). The predicted molar refractivity (Wildman–Crippen MR) is 124 cm³/mol. The van der Waals surface area contributed by atoms with Crippen LogP contribution in [0.2, 0.25) is 0 Å². The number of benzene rings is 4. The summed E-state index contributed by atoms with van der Waals surface area (Å²) in [4.78, 5) is 0. The van der Waals surface area contributed by atoms with Crippen molar-refractivity contribution >= 4 is 66.5 Å². The van der Waals surface area contributed by atoms with Gasteiger partial charge in [0.1, 0.15) is 22.3 Å². The minimum atomic E-state index is 0.924. The summed E-state index contributed by atoms with van der Waals surface area (Å²) < 4.78 is 13.3. The van der Waals surface area contributed by atoms with Crippen molar-refractivity contribution in [3.05, 3.63) is 81.9 Å². The maximum absolute atomic E-state index is 6.09. The molecule has 0 saturated carbocycles. The van der Waals surface area contributed by atoms with Crippen molar-refractivity contribution in [1.82, 2.24) is 0 Å². The first kappa shape index (κ1) is 16.2. The van der Waals surface area contributed by atoms with Crippen LogP contribution in [0.5, 0.6) is 0 Å². The zero-order chi connectivity index (χ0) is 18.8. The Balaban J connectivity index is 1.61. The Hall–Kier alpha value is -2.79. The van der Waals surface area contributed by atoms with Crippen LogP contribution in [0.15, 0.2) is 81.6 Å². The molecule has 0 amide bonds. The maximum atomic E-state index is 6.09. The van der Waals surface area contributed by atoms with E-state index in [-0.39, 0.29) is 0 Å². The van der Waals surface area contributed by atoms with E-state index in [1.165, 1.54) is 16.5 Å². The smallest absolute Gasteiger partial charge is 0.148 e. The second-order valence-corrected chi connectivity index (χ2v) is 8.36. The molecule has 28 heavy (non-hydrogen) atoms. The minimum absolute atomic E-state index is 0.924. The number of furan rings is 2. The highest BCUT2D eigenvalue weighted by atomic mass is 127. The summed E-state index contributed by atoms with van der Waals surface area (Å²) in [6.07, 6.45) is 0. The number of para-hydroxylation sites is 2. The third kappa shape index (κ3) is 2.26. The minimum Gasteiger partial charge on any atom is -0.456 e. The van der Waals surface area contributed by atoms with E-state index in [2.05, 4.69) is 102 Å². The molecule has 0 spiro atoms. The summed E-state index contributed by atoms with van der Waals surface area (Å²) in [7, 11) is 0. The zero-order valence-electron chi connectivity index (χ0n) is 15.1. The van der Waals surface area contributed by atoms with Crippen LogP contribution in [0.4, 0.5) is 0 Å². The molecule has 2 nitrogen and oxygen atoms in total. The van der Waals surface area contributed by atoms with Gasteiger partial charge in [0.05, 0.1) is 3.57 Å². The van der Waals surface area contributed by atoms with Crippen LogP contribution in [0.1, 0.15) is 5.56 Å². The fourth-order valence-electron chi connectivity index (χ4n) is 4.06. The fourth-order valence-corrected chi connectivity index (χ4v) is 4.67. The monoisotopic (exact) mass is 474 g/mol. The van der Waals surface area contributed by atoms with Crippen molar-refractivity contribution in [1.29, 1.82) is 0 Å². The molecule has 6 aromatic rings. The van der Waals surface area contributed by atoms with E-state index in [1.54, 1.807) is 0 Å². The van der Waals surface area contributed by atoms with Crippen LogP contribution in [-0.4, -0.2) is 0 Å². The van der Waals surface area contributed by atoms with Crippen molar-refractivity contribution in [2.75, 3.05) is 0 Å². The van der Waals surface area contributed by atoms with Gasteiger partial charge in [-0.3, -0.25) is 0 Å². The van der Waals surface area contributed by atoms with Crippen molar-refractivity contribution < 1.29 is 8.83 Å². The van der Waals surface area contributed by atoms with Crippen LogP contribution >= 0.6 is 22.6 Å². The molecular formula is C25H15IO2. The highest BCUT2D eigenvalue weighted by molar-refractivity contribution is 14.1. The molecule has 0 aliphatic rings. The zero-order valence-corrected chi connectivity index (χ0v) is 17.3. The molecule has 0 aliphatic carbocycles. The first-order valence-corrected chi connectivity index (χ1v) is 10.3. The summed E-state index contributed by atoms with van der Waals surface area (Å²) in [5.74, 6) is 0. The van der Waals surface area contributed by atoms with E-state index >= 15 is 0 Å². The van der Waals surface area contributed by atoms with E-state index in [0.717, 1.165) is 47.6 Å². The second kappa shape index (κ2) is 5.85. The summed E-state index contributed by atoms with van der Waals surface area (Å²) >= 11 is 2.33. The molecule has 0 radical (unpaired) electrons. The first-order chi connectivity index (χ1) is 13.7. The van der Waals surface area contributed by atoms with Crippen LogP contribution in [0.3, 0.4) is 0 Å². The Bertz CT molecular complexity index is 1420. The van der Waals surface area contributed by atoms with Crippen LogP contribution < -0.4 is 0 Å². The first-order valence-electron chi connectivity index (χ1n) is 9.22. The van der Waals surface area contributed by atoms with E-state index in [9.17, 15) is 0 Å². The van der Waals surface area contributed by atoms with Crippen LogP contribution in [-0.2, 0) is 0 Å². The normalized spacial score (nSPS) is 11.9. The van der Waals surface area contributed by atoms with E-state index in [4.69, 9.17) is 8.83 Å². The van der Waals surface area contributed by atoms with Crippen molar-refractivity contribution in [3.63, 3.8) is 0 Å². The van der Waals surface area contributed by atoms with Gasteiger partial charge >= 0.3 is 0 Å². The number of aryl methyl sites for hydroxylation is 1. The topological polar surface area (TPSA) is 26.3 Å². The Morgan fingerprint density at radius 2 is 1.18 bits per heavy atom. The average Bonchev–Trinajstić information content (AvgIpc) is 3.27. The highest BCUT2D eigenvalue weighted by Crippen LogP contribution is 2.37. The average molecular weight is 474 g/mol. The maximum Gasteiger partial charge on any atom is 0.148 e. The van der Waals surface area contributed by atoms with Gasteiger partial charge in [0.25, 0.3) is 0 Å². The molecule has 134 valence electrons. The number of hydrogen-bond acceptors (Lipinski definition) is 2. The summed E-state index contributed by atoms with van der Waals surface area (Å²) in [5, 5.41) is 4.64. The van der Waals surface area contributed by atoms with Gasteiger partial charge in [-0.25, -0.2) is 0 Å². The molecule has 2 aromatic heterocycles. The van der Waals surface area contributed by atoms with Gasteiger partial charge < -0.3 is 8.83 Å². The van der Waals surface area contributed by atoms with Crippen molar-refractivity contribution in [2.45, 2.75) is 6.92 Å². The Morgan fingerprint density at radius 3 is 1.86 bits per heavy atom. The number of halogens is 1. The van der Waals surface area contributed by atoms with Crippen molar-refractivity contribution in [2.24, 2.45) is 0 Å². The van der Waals surface area contributed by atoms with Gasteiger partial charge in [0.2, 0.25) is 0 Å². The fraction of sp³-hybridized carbons (Fsp3) is 0.0400. The molecule has 0 N–H and O–H groups in total. The molecule has 2 heterocycles. The number of rotatable bonds is 1. The quantitative estimate of drug-likeness (QED) is 0.225. The molecule has 4 aromatic carbocycles. The van der Waals surface area contributed by atoms with Gasteiger partial charge in [-0.05, 0) is 76.5 Å². The summed E-state index contributed by atoms with van der Waals surface area (Å²) in [5.41, 5.74) is 7.31. The summed E-state index contributed by atoms with van der Waals surface area (Å²) in [6.45, 7) is 2.09.